The average Bonchev–Trinajstić information content (AvgIpc) is 2.76. The topological polar surface area (TPSA) is 58.6 Å². The fraction of sp³-hybridized carbons (Fsp3) is 1.00. The van der Waals surface area contributed by atoms with Crippen LogP contribution in [-0.4, -0.2) is 70.8 Å². The van der Waals surface area contributed by atoms with Gasteiger partial charge in [0.1, 0.15) is 0 Å². The standard InChI is InChI=1S/C13H26N2O3S/c1-18-7-5-14-9-12-3-2-6-15(10-12)13-4-8-19(16,17)11-13/h12-14H,2-11H2,1H3. The number of hydrogen-bond donors (Lipinski definition) is 1. The van der Waals surface area contributed by atoms with Crippen molar-refractivity contribution in [2.75, 3.05) is 51.4 Å². The first-order valence-corrected chi connectivity index (χ1v) is 9.07. The average molecular weight is 290 g/mol. The molecular weight excluding hydrogens is 264 g/mol. The van der Waals surface area contributed by atoms with Crippen LogP contribution in [-0.2, 0) is 14.6 Å². The third-order valence-corrected chi connectivity index (χ3v) is 5.94. The van der Waals surface area contributed by atoms with Crippen molar-refractivity contribution in [1.82, 2.24) is 10.2 Å². The molecule has 0 aromatic rings. The Morgan fingerprint density at radius 2 is 2.21 bits per heavy atom. The van der Waals surface area contributed by atoms with Gasteiger partial charge in [-0.15, -0.1) is 0 Å². The lowest BCUT2D eigenvalue weighted by Crippen LogP contribution is -2.45. The molecule has 0 saturated carbocycles. The van der Waals surface area contributed by atoms with Gasteiger partial charge < -0.3 is 10.1 Å². The molecule has 0 aromatic heterocycles. The van der Waals surface area contributed by atoms with Crippen LogP contribution in [0.1, 0.15) is 19.3 Å². The summed E-state index contributed by atoms with van der Waals surface area (Å²) in [5.74, 6) is 1.40. The minimum atomic E-state index is -2.76. The SMILES string of the molecule is COCCNCC1CCCN(C2CCS(=O)(=O)C2)C1. The highest BCUT2D eigenvalue weighted by Gasteiger charge is 2.34. The van der Waals surface area contributed by atoms with Gasteiger partial charge in [-0.25, -0.2) is 8.42 Å². The summed E-state index contributed by atoms with van der Waals surface area (Å²) < 4.78 is 28.1. The van der Waals surface area contributed by atoms with Crippen molar-refractivity contribution in [3.8, 4) is 0 Å². The molecule has 0 amide bonds. The highest BCUT2D eigenvalue weighted by Crippen LogP contribution is 2.24. The van der Waals surface area contributed by atoms with E-state index in [9.17, 15) is 8.42 Å². The molecule has 1 N–H and O–H groups in total. The Morgan fingerprint density at radius 1 is 1.37 bits per heavy atom. The van der Waals surface area contributed by atoms with Gasteiger partial charge in [-0.05, 0) is 38.3 Å². The van der Waals surface area contributed by atoms with E-state index < -0.39 is 9.84 Å². The van der Waals surface area contributed by atoms with Crippen molar-refractivity contribution >= 4 is 9.84 Å². The zero-order valence-electron chi connectivity index (χ0n) is 11.8. The highest BCUT2D eigenvalue weighted by atomic mass is 32.2. The third kappa shape index (κ3) is 4.70. The van der Waals surface area contributed by atoms with Gasteiger partial charge in [-0.3, -0.25) is 4.90 Å². The Kier molecular flexibility index (Phi) is 5.62. The van der Waals surface area contributed by atoms with Crippen LogP contribution in [0.2, 0.25) is 0 Å². The zero-order valence-corrected chi connectivity index (χ0v) is 12.6. The molecule has 5 nitrogen and oxygen atoms in total. The summed E-state index contributed by atoms with van der Waals surface area (Å²) in [5.41, 5.74) is 0. The highest BCUT2D eigenvalue weighted by molar-refractivity contribution is 7.91. The maximum absolute atomic E-state index is 11.6. The van der Waals surface area contributed by atoms with Crippen LogP contribution in [0, 0.1) is 5.92 Å². The van der Waals surface area contributed by atoms with Crippen LogP contribution in [0.5, 0.6) is 0 Å². The van der Waals surface area contributed by atoms with E-state index in [1.807, 2.05) is 0 Å². The molecule has 2 heterocycles. The number of piperidine rings is 1. The van der Waals surface area contributed by atoms with Gasteiger partial charge in [0.05, 0.1) is 18.1 Å². The van der Waals surface area contributed by atoms with Crippen molar-refractivity contribution in [3.05, 3.63) is 0 Å². The van der Waals surface area contributed by atoms with Crippen molar-refractivity contribution in [1.29, 1.82) is 0 Å². The summed E-state index contributed by atoms with van der Waals surface area (Å²) in [6, 6.07) is 0.270. The minimum Gasteiger partial charge on any atom is -0.383 e. The smallest absolute Gasteiger partial charge is 0.151 e. The van der Waals surface area contributed by atoms with Gasteiger partial charge in [0, 0.05) is 26.2 Å². The molecule has 2 saturated heterocycles. The van der Waals surface area contributed by atoms with Crippen LogP contribution >= 0.6 is 0 Å². The summed E-state index contributed by atoms with van der Waals surface area (Å²) in [6.07, 6.45) is 3.26. The molecule has 0 bridgehead atoms. The molecule has 19 heavy (non-hydrogen) atoms. The molecule has 0 spiro atoms. The Balaban J connectivity index is 1.74. The maximum Gasteiger partial charge on any atom is 0.151 e. The van der Waals surface area contributed by atoms with E-state index in [4.69, 9.17) is 4.74 Å². The van der Waals surface area contributed by atoms with Gasteiger partial charge in [0.15, 0.2) is 9.84 Å². The lowest BCUT2D eigenvalue weighted by Gasteiger charge is -2.36. The van der Waals surface area contributed by atoms with Gasteiger partial charge >= 0.3 is 0 Å². The number of hydrogen-bond acceptors (Lipinski definition) is 5. The molecule has 0 radical (unpaired) electrons. The molecule has 0 aromatic carbocycles. The molecule has 2 aliphatic rings. The van der Waals surface area contributed by atoms with Crippen LogP contribution in [0.3, 0.4) is 0 Å². The molecule has 2 fully saturated rings. The number of likely N-dealkylation sites (tertiary alicyclic amines) is 1. The number of ether oxygens (including phenoxy) is 1. The van der Waals surface area contributed by atoms with Crippen LogP contribution in [0.25, 0.3) is 0 Å². The Hall–Kier alpha value is -0.170. The first-order valence-electron chi connectivity index (χ1n) is 7.25. The number of rotatable bonds is 6. The molecule has 2 aliphatic heterocycles. The minimum absolute atomic E-state index is 0.270. The fourth-order valence-electron chi connectivity index (χ4n) is 3.14. The molecule has 2 rings (SSSR count). The van der Waals surface area contributed by atoms with Crippen molar-refractivity contribution in [3.63, 3.8) is 0 Å². The summed E-state index contributed by atoms with van der Waals surface area (Å²) >= 11 is 0. The molecule has 2 unspecified atom stereocenters. The third-order valence-electron chi connectivity index (χ3n) is 4.19. The Morgan fingerprint density at radius 3 is 2.89 bits per heavy atom. The monoisotopic (exact) mass is 290 g/mol. The van der Waals surface area contributed by atoms with E-state index in [2.05, 4.69) is 10.2 Å². The fourth-order valence-corrected chi connectivity index (χ4v) is 4.90. The summed E-state index contributed by atoms with van der Waals surface area (Å²) in [5, 5.41) is 3.41. The molecule has 2 atom stereocenters. The Bertz CT molecular complexity index is 372. The van der Waals surface area contributed by atoms with Gasteiger partial charge in [-0.2, -0.15) is 0 Å². The van der Waals surface area contributed by atoms with Crippen LogP contribution in [0.15, 0.2) is 0 Å². The normalized spacial score (nSPS) is 31.6. The summed E-state index contributed by atoms with van der Waals surface area (Å²) in [6.45, 7) is 4.76. The second kappa shape index (κ2) is 7.02. The zero-order chi connectivity index (χ0) is 13.7. The Labute approximate surface area is 116 Å². The van der Waals surface area contributed by atoms with Crippen LogP contribution in [0.4, 0.5) is 0 Å². The van der Waals surface area contributed by atoms with Crippen molar-refractivity contribution in [2.24, 2.45) is 5.92 Å². The van der Waals surface area contributed by atoms with Crippen LogP contribution < -0.4 is 5.32 Å². The number of nitrogens with zero attached hydrogens (tertiary/aromatic N) is 1. The first-order chi connectivity index (χ1) is 9.11. The van der Waals surface area contributed by atoms with E-state index in [0.717, 1.165) is 39.2 Å². The van der Waals surface area contributed by atoms with E-state index >= 15 is 0 Å². The lowest BCUT2D eigenvalue weighted by molar-refractivity contribution is 0.130. The summed E-state index contributed by atoms with van der Waals surface area (Å²) in [4.78, 5) is 2.40. The second-order valence-corrected chi connectivity index (χ2v) is 7.99. The molecule has 6 heteroatoms. The van der Waals surface area contributed by atoms with Crippen molar-refractivity contribution < 1.29 is 13.2 Å². The predicted octanol–water partition coefficient (Wildman–Crippen LogP) is 0.122. The number of methoxy groups -OCH3 is 1. The largest absolute Gasteiger partial charge is 0.383 e. The molecule has 112 valence electrons. The maximum atomic E-state index is 11.6. The molecule has 0 aliphatic carbocycles. The first kappa shape index (κ1) is 15.2. The predicted molar refractivity (Wildman–Crippen MR) is 76.1 cm³/mol. The van der Waals surface area contributed by atoms with E-state index in [-0.39, 0.29) is 6.04 Å². The van der Waals surface area contributed by atoms with E-state index in [0.29, 0.717) is 17.4 Å². The summed E-state index contributed by atoms with van der Waals surface area (Å²) in [7, 11) is -1.05. The number of nitrogens with one attached hydrogen (secondary N) is 1. The van der Waals surface area contributed by atoms with Gasteiger partial charge in [0.25, 0.3) is 0 Å². The molecular formula is C13H26N2O3S. The number of sulfone groups is 1. The van der Waals surface area contributed by atoms with Crippen molar-refractivity contribution in [2.45, 2.75) is 25.3 Å². The van der Waals surface area contributed by atoms with Gasteiger partial charge in [-0.1, -0.05) is 0 Å². The van der Waals surface area contributed by atoms with E-state index in [1.54, 1.807) is 7.11 Å². The quantitative estimate of drug-likeness (QED) is 0.704. The second-order valence-electron chi connectivity index (χ2n) is 5.76. The lowest BCUT2D eigenvalue weighted by atomic mass is 9.96. The van der Waals surface area contributed by atoms with Gasteiger partial charge in [0.2, 0.25) is 0 Å². The van der Waals surface area contributed by atoms with E-state index in [1.165, 1.54) is 12.8 Å².